The molecular weight excluding hydrogens is 362 g/mol. The zero-order valence-corrected chi connectivity index (χ0v) is 15.1. The van der Waals surface area contributed by atoms with Gasteiger partial charge < -0.3 is 5.32 Å². The van der Waals surface area contributed by atoms with Crippen LogP contribution in [0.15, 0.2) is 35.5 Å². The van der Waals surface area contributed by atoms with Crippen molar-refractivity contribution in [3.63, 3.8) is 0 Å². The number of aromatic nitrogens is 2. The van der Waals surface area contributed by atoms with Gasteiger partial charge in [-0.1, -0.05) is 41.6 Å². The van der Waals surface area contributed by atoms with Crippen molar-refractivity contribution in [2.24, 2.45) is 0 Å². The molecule has 1 N–H and O–H groups in total. The zero-order chi connectivity index (χ0) is 16.5. The molecule has 1 aliphatic rings. The first-order valence-electron chi connectivity index (χ1n) is 7.66. The maximum atomic E-state index is 12.0. The number of fused-ring (bicyclic) bond motifs is 3. The van der Waals surface area contributed by atoms with Gasteiger partial charge in [-0.25, -0.2) is 9.97 Å². The SMILES string of the molecule is O=C(CSc1nc(Cl)c2c3c(sc2n1)CCC3)Nc1ccccc1. The van der Waals surface area contributed by atoms with Gasteiger partial charge in [-0.05, 0) is 37.0 Å². The van der Waals surface area contributed by atoms with Crippen molar-refractivity contribution in [1.29, 1.82) is 0 Å². The monoisotopic (exact) mass is 375 g/mol. The highest BCUT2D eigenvalue weighted by atomic mass is 35.5. The van der Waals surface area contributed by atoms with Crippen LogP contribution in [-0.4, -0.2) is 21.6 Å². The molecule has 122 valence electrons. The van der Waals surface area contributed by atoms with E-state index in [0.717, 1.165) is 28.7 Å². The topological polar surface area (TPSA) is 54.9 Å². The van der Waals surface area contributed by atoms with E-state index in [1.165, 1.54) is 28.6 Å². The lowest BCUT2D eigenvalue weighted by Gasteiger charge is -2.05. The minimum atomic E-state index is -0.0836. The van der Waals surface area contributed by atoms with E-state index < -0.39 is 0 Å². The molecule has 2 aromatic heterocycles. The summed E-state index contributed by atoms with van der Waals surface area (Å²) >= 11 is 9.38. The van der Waals surface area contributed by atoms with Gasteiger partial charge >= 0.3 is 0 Å². The molecule has 0 fully saturated rings. The van der Waals surface area contributed by atoms with E-state index in [9.17, 15) is 4.79 Å². The Hall–Kier alpha value is -1.63. The van der Waals surface area contributed by atoms with Crippen molar-refractivity contribution in [3.05, 3.63) is 45.9 Å². The van der Waals surface area contributed by atoms with Crippen LogP contribution in [-0.2, 0) is 17.6 Å². The summed E-state index contributed by atoms with van der Waals surface area (Å²) in [5, 5.41) is 4.91. The summed E-state index contributed by atoms with van der Waals surface area (Å²) in [7, 11) is 0. The smallest absolute Gasteiger partial charge is 0.234 e. The Morgan fingerprint density at radius 3 is 2.92 bits per heavy atom. The summed E-state index contributed by atoms with van der Waals surface area (Å²) in [5.74, 6) is 0.168. The van der Waals surface area contributed by atoms with Gasteiger partial charge in [0.25, 0.3) is 0 Å². The minimum absolute atomic E-state index is 0.0836. The molecule has 0 saturated carbocycles. The van der Waals surface area contributed by atoms with Crippen LogP contribution in [0.4, 0.5) is 5.69 Å². The quantitative estimate of drug-likeness (QED) is 0.412. The summed E-state index contributed by atoms with van der Waals surface area (Å²) < 4.78 is 0. The summed E-state index contributed by atoms with van der Waals surface area (Å²) in [4.78, 5) is 23.3. The van der Waals surface area contributed by atoms with Crippen molar-refractivity contribution in [2.75, 3.05) is 11.1 Å². The van der Waals surface area contributed by atoms with Crippen molar-refractivity contribution in [3.8, 4) is 0 Å². The number of benzene rings is 1. The molecule has 0 saturated heterocycles. The third-order valence-electron chi connectivity index (χ3n) is 3.89. The van der Waals surface area contributed by atoms with Crippen LogP contribution in [0, 0.1) is 0 Å². The molecule has 0 spiro atoms. The van der Waals surface area contributed by atoms with Crippen LogP contribution in [0.5, 0.6) is 0 Å². The van der Waals surface area contributed by atoms with Crippen molar-refractivity contribution in [1.82, 2.24) is 9.97 Å². The standard InChI is InChI=1S/C17H14ClN3OS2/c18-15-14-11-7-4-8-12(11)24-16(14)21-17(20-15)23-9-13(22)19-10-5-2-1-3-6-10/h1-3,5-6H,4,7-9H2,(H,19,22). The lowest BCUT2D eigenvalue weighted by atomic mass is 10.2. The van der Waals surface area contributed by atoms with Crippen LogP contribution >= 0.6 is 34.7 Å². The van der Waals surface area contributed by atoms with E-state index in [4.69, 9.17) is 11.6 Å². The van der Waals surface area contributed by atoms with E-state index in [2.05, 4.69) is 15.3 Å². The number of thioether (sulfide) groups is 1. The predicted molar refractivity (Wildman–Crippen MR) is 100 cm³/mol. The molecule has 1 aromatic carbocycles. The largest absolute Gasteiger partial charge is 0.325 e. The van der Waals surface area contributed by atoms with Gasteiger partial charge in [0, 0.05) is 10.6 Å². The van der Waals surface area contributed by atoms with E-state index >= 15 is 0 Å². The number of carbonyl (C=O) groups is 1. The molecule has 1 amide bonds. The highest BCUT2D eigenvalue weighted by molar-refractivity contribution is 7.99. The van der Waals surface area contributed by atoms with Crippen molar-refractivity contribution < 1.29 is 4.79 Å². The Kier molecular flexibility index (Phi) is 4.43. The Bertz CT molecular complexity index is 911. The van der Waals surface area contributed by atoms with Gasteiger partial charge in [-0.2, -0.15) is 0 Å². The first-order valence-corrected chi connectivity index (χ1v) is 9.84. The van der Waals surface area contributed by atoms with E-state index in [1.54, 1.807) is 11.3 Å². The molecule has 0 radical (unpaired) electrons. The highest BCUT2D eigenvalue weighted by Crippen LogP contribution is 2.39. The average Bonchev–Trinajstić information content (AvgIpc) is 3.14. The summed E-state index contributed by atoms with van der Waals surface area (Å²) in [6.07, 6.45) is 3.35. The number of para-hydroxylation sites is 1. The van der Waals surface area contributed by atoms with E-state index in [0.29, 0.717) is 10.3 Å². The van der Waals surface area contributed by atoms with Crippen LogP contribution in [0.25, 0.3) is 10.2 Å². The first-order chi connectivity index (χ1) is 11.7. The fourth-order valence-corrected chi connectivity index (χ4v) is 5.20. The van der Waals surface area contributed by atoms with E-state index in [-0.39, 0.29) is 11.7 Å². The normalized spacial score (nSPS) is 13.2. The maximum absolute atomic E-state index is 12.0. The number of hydrogen-bond acceptors (Lipinski definition) is 5. The molecule has 3 aromatic rings. The average molecular weight is 376 g/mol. The van der Waals surface area contributed by atoms with Crippen LogP contribution in [0.3, 0.4) is 0 Å². The number of aryl methyl sites for hydroxylation is 2. The van der Waals surface area contributed by atoms with Gasteiger partial charge in [0.05, 0.1) is 11.1 Å². The number of anilines is 1. The summed E-state index contributed by atoms with van der Waals surface area (Å²) in [5.41, 5.74) is 2.10. The molecule has 0 unspecified atom stereocenters. The van der Waals surface area contributed by atoms with Crippen molar-refractivity contribution >= 4 is 56.5 Å². The third kappa shape index (κ3) is 3.14. The van der Waals surface area contributed by atoms with Gasteiger partial charge in [0.1, 0.15) is 9.98 Å². The van der Waals surface area contributed by atoms with Crippen LogP contribution < -0.4 is 5.32 Å². The second kappa shape index (κ2) is 6.70. The lowest BCUT2D eigenvalue weighted by molar-refractivity contribution is -0.113. The summed E-state index contributed by atoms with van der Waals surface area (Å²) in [6, 6.07) is 9.39. The number of rotatable bonds is 4. The van der Waals surface area contributed by atoms with Crippen LogP contribution in [0.1, 0.15) is 16.9 Å². The molecule has 4 rings (SSSR count). The molecule has 0 bridgehead atoms. The minimum Gasteiger partial charge on any atom is -0.325 e. The Labute approximate surface area is 152 Å². The number of nitrogens with zero attached hydrogens (tertiary/aromatic N) is 2. The number of halogens is 1. The predicted octanol–water partition coefficient (Wildman–Crippen LogP) is 4.56. The highest BCUT2D eigenvalue weighted by Gasteiger charge is 2.21. The molecule has 1 aliphatic carbocycles. The molecular formula is C17H14ClN3OS2. The van der Waals surface area contributed by atoms with Gasteiger partial charge in [-0.3, -0.25) is 4.79 Å². The van der Waals surface area contributed by atoms with Gasteiger partial charge in [0.15, 0.2) is 5.16 Å². The maximum Gasteiger partial charge on any atom is 0.234 e. The zero-order valence-electron chi connectivity index (χ0n) is 12.7. The molecule has 0 aliphatic heterocycles. The second-order valence-corrected chi connectivity index (χ2v) is 7.92. The van der Waals surface area contributed by atoms with Crippen molar-refractivity contribution in [2.45, 2.75) is 24.4 Å². The Morgan fingerprint density at radius 1 is 1.25 bits per heavy atom. The van der Waals surface area contributed by atoms with Gasteiger partial charge in [-0.15, -0.1) is 11.3 Å². The Balaban J connectivity index is 1.48. The molecule has 2 heterocycles. The molecule has 7 heteroatoms. The molecule has 0 atom stereocenters. The number of hydrogen-bond donors (Lipinski definition) is 1. The Morgan fingerprint density at radius 2 is 2.08 bits per heavy atom. The summed E-state index contributed by atoms with van der Waals surface area (Å²) in [6.45, 7) is 0. The third-order valence-corrected chi connectivity index (χ3v) is 6.20. The lowest BCUT2D eigenvalue weighted by Crippen LogP contribution is -2.14. The molecule has 4 nitrogen and oxygen atoms in total. The number of nitrogens with one attached hydrogen (secondary N) is 1. The number of carbonyl (C=O) groups excluding carboxylic acids is 1. The van der Waals surface area contributed by atoms with Gasteiger partial charge in [0.2, 0.25) is 5.91 Å². The fourth-order valence-electron chi connectivity index (χ4n) is 2.85. The van der Waals surface area contributed by atoms with Crippen LogP contribution in [0.2, 0.25) is 5.15 Å². The number of amides is 1. The first kappa shape index (κ1) is 15.9. The second-order valence-electron chi connectivity index (χ2n) is 5.54. The fraction of sp³-hybridized carbons (Fsp3) is 0.235. The molecule has 24 heavy (non-hydrogen) atoms. The van der Waals surface area contributed by atoms with E-state index in [1.807, 2.05) is 30.3 Å². The number of thiophene rings is 1.